The maximum Gasteiger partial charge on any atom is 0.226 e. The molecule has 2 fully saturated rings. The summed E-state index contributed by atoms with van der Waals surface area (Å²) in [6.07, 6.45) is 6.89. The van der Waals surface area contributed by atoms with Crippen LogP contribution in [0.2, 0.25) is 0 Å². The van der Waals surface area contributed by atoms with Gasteiger partial charge in [0.1, 0.15) is 0 Å². The van der Waals surface area contributed by atoms with Gasteiger partial charge < -0.3 is 14.7 Å². The lowest BCUT2D eigenvalue weighted by Crippen LogP contribution is -2.49. The number of carbonyl (C=O) groups is 2. The molecule has 5 heteroatoms. The highest BCUT2D eigenvalue weighted by molar-refractivity contribution is 5.81. The molecule has 0 aromatic rings. The highest BCUT2D eigenvalue weighted by Gasteiger charge is 2.31. The van der Waals surface area contributed by atoms with Crippen LogP contribution in [0.25, 0.3) is 0 Å². The second-order valence-electron chi connectivity index (χ2n) is 8.64. The molecular formula is C21H39N3O2. The van der Waals surface area contributed by atoms with E-state index < -0.39 is 0 Å². The first-order chi connectivity index (χ1) is 12.4. The van der Waals surface area contributed by atoms with Crippen LogP contribution < -0.4 is 0 Å². The SMILES string of the molecule is CC(C)C(=O)N1CCC(C(=O)N(CCN2CCCCCC2)C(C)C)CC1. The predicted molar refractivity (Wildman–Crippen MR) is 106 cm³/mol. The van der Waals surface area contributed by atoms with Gasteiger partial charge in [-0.25, -0.2) is 0 Å². The second-order valence-corrected chi connectivity index (χ2v) is 8.64. The van der Waals surface area contributed by atoms with Crippen LogP contribution in [0.3, 0.4) is 0 Å². The molecule has 0 unspecified atom stereocenters. The van der Waals surface area contributed by atoms with Crippen molar-refractivity contribution in [3.8, 4) is 0 Å². The zero-order valence-corrected chi connectivity index (χ0v) is 17.4. The van der Waals surface area contributed by atoms with Gasteiger partial charge in [0.15, 0.2) is 0 Å². The lowest BCUT2D eigenvalue weighted by Gasteiger charge is -2.37. The molecule has 26 heavy (non-hydrogen) atoms. The molecule has 2 aliphatic heterocycles. The minimum Gasteiger partial charge on any atom is -0.342 e. The largest absolute Gasteiger partial charge is 0.342 e. The summed E-state index contributed by atoms with van der Waals surface area (Å²) in [5, 5.41) is 0. The maximum atomic E-state index is 13.1. The zero-order valence-electron chi connectivity index (χ0n) is 17.4. The van der Waals surface area contributed by atoms with Crippen molar-refractivity contribution in [3.05, 3.63) is 0 Å². The van der Waals surface area contributed by atoms with E-state index in [1.165, 1.54) is 38.8 Å². The lowest BCUT2D eigenvalue weighted by atomic mass is 9.94. The van der Waals surface area contributed by atoms with Crippen LogP contribution in [0.15, 0.2) is 0 Å². The van der Waals surface area contributed by atoms with E-state index in [0.29, 0.717) is 5.91 Å². The highest BCUT2D eigenvalue weighted by Crippen LogP contribution is 2.22. The third kappa shape index (κ3) is 5.97. The Morgan fingerprint density at radius 2 is 1.50 bits per heavy atom. The van der Waals surface area contributed by atoms with Gasteiger partial charge in [0, 0.05) is 44.1 Å². The number of amides is 2. The number of nitrogens with zero attached hydrogens (tertiary/aromatic N) is 3. The average Bonchev–Trinajstić information content (AvgIpc) is 2.89. The molecule has 150 valence electrons. The first kappa shape index (κ1) is 21.2. The third-order valence-corrected chi connectivity index (χ3v) is 5.91. The van der Waals surface area contributed by atoms with E-state index in [-0.39, 0.29) is 23.8 Å². The van der Waals surface area contributed by atoms with Gasteiger partial charge in [-0.15, -0.1) is 0 Å². The van der Waals surface area contributed by atoms with Crippen molar-refractivity contribution in [2.24, 2.45) is 11.8 Å². The Labute approximate surface area is 160 Å². The van der Waals surface area contributed by atoms with E-state index in [9.17, 15) is 9.59 Å². The molecule has 2 saturated heterocycles. The summed E-state index contributed by atoms with van der Waals surface area (Å²) in [5.74, 6) is 0.644. The van der Waals surface area contributed by atoms with Crippen LogP contribution in [-0.2, 0) is 9.59 Å². The second kappa shape index (κ2) is 10.3. The number of hydrogen-bond acceptors (Lipinski definition) is 3. The van der Waals surface area contributed by atoms with Crippen LogP contribution in [0, 0.1) is 11.8 Å². The summed E-state index contributed by atoms with van der Waals surface area (Å²) in [4.78, 5) is 31.8. The fourth-order valence-corrected chi connectivity index (χ4v) is 4.18. The van der Waals surface area contributed by atoms with E-state index >= 15 is 0 Å². The molecule has 0 aromatic carbocycles. The summed E-state index contributed by atoms with van der Waals surface area (Å²) < 4.78 is 0. The van der Waals surface area contributed by atoms with Crippen molar-refractivity contribution < 1.29 is 9.59 Å². The quantitative estimate of drug-likeness (QED) is 0.727. The normalized spacial score (nSPS) is 20.5. The summed E-state index contributed by atoms with van der Waals surface area (Å²) in [6.45, 7) is 13.8. The first-order valence-corrected chi connectivity index (χ1v) is 10.7. The summed E-state index contributed by atoms with van der Waals surface area (Å²) in [7, 11) is 0. The van der Waals surface area contributed by atoms with Crippen molar-refractivity contribution >= 4 is 11.8 Å². The van der Waals surface area contributed by atoms with Crippen molar-refractivity contribution in [2.75, 3.05) is 39.3 Å². The minimum atomic E-state index is 0.0445. The molecule has 2 aliphatic rings. The monoisotopic (exact) mass is 365 g/mol. The Morgan fingerprint density at radius 3 is 2.00 bits per heavy atom. The van der Waals surface area contributed by atoms with Gasteiger partial charge >= 0.3 is 0 Å². The topological polar surface area (TPSA) is 43.9 Å². The number of carbonyl (C=O) groups excluding carboxylic acids is 2. The number of piperidine rings is 1. The van der Waals surface area contributed by atoms with Crippen LogP contribution in [-0.4, -0.2) is 71.8 Å². The molecule has 0 aliphatic carbocycles. The molecule has 2 heterocycles. The standard InChI is InChI=1S/C21H39N3O2/c1-17(2)20(25)23-13-9-19(10-14-23)21(26)24(18(3)4)16-15-22-11-7-5-6-8-12-22/h17-19H,5-16H2,1-4H3. The Bertz CT molecular complexity index is 448. The van der Waals surface area contributed by atoms with E-state index in [1.54, 1.807) is 0 Å². The summed E-state index contributed by atoms with van der Waals surface area (Å²) in [6, 6.07) is 0.241. The van der Waals surface area contributed by atoms with Gasteiger partial charge in [0.2, 0.25) is 11.8 Å². The van der Waals surface area contributed by atoms with Crippen LogP contribution >= 0.6 is 0 Å². The van der Waals surface area contributed by atoms with E-state index in [0.717, 1.165) is 39.0 Å². The van der Waals surface area contributed by atoms with Gasteiger partial charge in [-0.3, -0.25) is 9.59 Å². The molecular weight excluding hydrogens is 326 g/mol. The smallest absolute Gasteiger partial charge is 0.226 e. The van der Waals surface area contributed by atoms with Gasteiger partial charge in [0.05, 0.1) is 0 Å². The minimum absolute atomic E-state index is 0.0445. The van der Waals surface area contributed by atoms with Crippen molar-refractivity contribution in [1.29, 1.82) is 0 Å². The Hall–Kier alpha value is -1.10. The fraction of sp³-hybridized carbons (Fsp3) is 0.905. The molecule has 2 rings (SSSR count). The molecule has 0 atom stereocenters. The highest BCUT2D eigenvalue weighted by atomic mass is 16.2. The molecule has 0 aromatic heterocycles. The molecule has 0 saturated carbocycles. The van der Waals surface area contributed by atoms with E-state index in [2.05, 4.69) is 23.6 Å². The zero-order chi connectivity index (χ0) is 19.1. The molecule has 2 amide bonds. The van der Waals surface area contributed by atoms with Gasteiger partial charge in [-0.2, -0.15) is 0 Å². The van der Waals surface area contributed by atoms with Crippen molar-refractivity contribution in [2.45, 2.75) is 72.3 Å². The average molecular weight is 366 g/mol. The van der Waals surface area contributed by atoms with Gasteiger partial charge in [-0.1, -0.05) is 26.7 Å². The van der Waals surface area contributed by atoms with Gasteiger partial charge in [0.25, 0.3) is 0 Å². The molecule has 5 nitrogen and oxygen atoms in total. The fourth-order valence-electron chi connectivity index (χ4n) is 4.18. The number of likely N-dealkylation sites (tertiary alicyclic amines) is 2. The van der Waals surface area contributed by atoms with Crippen LogP contribution in [0.1, 0.15) is 66.2 Å². The van der Waals surface area contributed by atoms with E-state index in [4.69, 9.17) is 0 Å². The molecule has 0 bridgehead atoms. The van der Waals surface area contributed by atoms with Crippen molar-refractivity contribution in [3.63, 3.8) is 0 Å². The first-order valence-electron chi connectivity index (χ1n) is 10.7. The maximum absolute atomic E-state index is 13.1. The Balaban J connectivity index is 1.85. The Kier molecular flexibility index (Phi) is 8.39. The van der Waals surface area contributed by atoms with Crippen LogP contribution in [0.4, 0.5) is 0 Å². The molecule has 0 spiro atoms. The summed E-state index contributed by atoms with van der Waals surface area (Å²) >= 11 is 0. The van der Waals surface area contributed by atoms with E-state index in [1.807, 2.05) is 18.7 Å². The molecule has 0 radical (unpaired) electrons. The molecule has 0 N–H and O–H groups in total. The third-order valence-electron chi connectivity index (χ3n) is 5.91. The van der Waals surface area contributed by atoms with Gasteiger partial charge in [-0.05, 0) is 52.6 Å². The lowest BCUT2D eigenvalue weighted by molar-refractivity contribution is -0.143. The summed E-state index contributed by atoms with van der Waals surface area (Å²) in [5.41, 5.74) is 0. The van der Waals surface area contributed by atoms with Crippen molar-refractivity contribution in [1.82, 2.24) is 14.7 Å². The number of hydrogen-bond donors (Lipinski definition) is 0. The van der Waals surface area contributed by atoms with Crippen LogP contribution in [0.5, 0.6) is 0 Å². The number of rotatable bonds is 6. The Morgan fingerprint density at radius 1 is 0.923 bits per heavy atom. The predicted octanol–water partition coefficient (Wildman–Crippen LogP) is 2.99.